The van der Waals surface area contributed by atoms with E-state index in [0.717, 1.165) is 43.6 Å². The Labute approximate surface area is 188 Å². The van der Waals surface area contributed by atoms with Crippen LogP contribution in [0, 0.1) is 0 Å². The van der Waals surface area contributed by atoms with Crippen LogP contribution in [0.1, 0.15) is 30.2 Å². The van der Waals surface area contributed by atoms with Crippen LogP contribution >= 0.6 is 35.3 Å². The predicted octanol–water partition coefficient (Wildman–Crippen LogP) is 3.45. The first-order valence-corrected chi connectivity index (χ1v) is 10.3. The molecular formula is C20H30IN5OS. The van der Waals surface area contributed by atoms with E-state index in [1.165, 1.54) is 4.88 Å². The van der Waals surface area contributed by atoms with Crippen molar-refractivity contribution in [2.45, 2.75) is 32.4 Å². The van der Waals surface area contributed by atoms with Gasteiger partial charge in [0.2, 0.25) is 0 Å². The number of aliphatic imine (C=N–C) groups is 1. The highest BCUT2D eigenvalue weighted by Gasteiger charge is 2.17. The van der Waals surface area contributed by atoms with Crippen molar-refractivity contribution in [1.82, 2.24) is 15.6 Å². The summed E-state index contributed by atoms with van der Waals surface area (Å²) in [6.07, 6.45) is 2.19. The topological polar surface area (TPSA) is 61.8 Å². The van der Waals surface area contributed by atoms with Gasteiger partial charge in [0.05, 0.1) is 12.7 Å². The lowest BCUT2D eigenvalue weighted by Gasteiger charge is -2.32. The average Bonchev–Trinajstić information content (AvgIpc) is 3.23. The van der Waals surface area contributed by atoms with E-state index in [4.69, 9.17) is 4.74 Å². The molecule has 154 valence electrons. The molecule has 6 nitrogen and oxygen atoms in total. The molecule has 0 aromatic carbocycles. The molecule has 3 heterocycles. The number of morpholine rings is 1. The van der Waals surface area contributed by atoms with Crippen LogP contribution in [0.5, 0.6) is 0 Å². The molecule has 2 aromatic heterocycles. The fourth-order valence-electron chi connectivity index (χ4n) is 3.06. The van der Waals surface area contributed by atoms with Gasteiger partial charge in [0.25, 0.3) is 0 Å². The summed E-state index contributed by atoms with van der Waals surface area (Å²) < 4.78 is 5.59. The Morgan fingerprint density at radius 1 is 1.39 bits per heavy atom. The summed E-state index contributed by atoms with van der Waals surface area (Å²) in [6, 6.07) is 8.48. The number of hydrogen-bond acceptors (Lipinski definition) is 5. The van der Waals surface area contributed by atoms with Crippen molar-refractivity contribution in [3.05, 3.63) is 46.3 Å². The third-order valence-corrected chi connectivity index (χ3v) is 5.77. The molecule has 0 aliphatic carbocycles. The van der Waals surface area contributed by atoms with Crippen LogP contribution in [0.3, 0.4) is 0 Å². The van der Waals surface area contributed by atoms with Crippen molar-refractivity contribution in [2.24, 2.45) is 4.99 Å². The van der Waals surface area contributed by atoms with Crippen LogP contribution in [0.15, 0.2) is 40.8 Å². The minimum absolute atomic E-state index is 0. The number of thiophene rings is 1. The van der Waals surface area contributed by atoms with E-state index in [1.807, 2.05) is 6.20 Å². The zero-order valence-electron chi connectivity index (χ0n) is 16.7. The molecule has 0 amide bonds. The normalized spacial score (nSPS) is 18.3. The lowest BCUT2D eigenvalue weighted by atomic mass is 10.1. The predicted molar refractivity (Wildman–Crippen MR) is 128 cm³/mol. The van der Waals surface area contributed by atoms with E-state index in [-0.39, 0.29) is 30.1 Å². The van der Waals surface area contributed by atoms with Gasteiger partial charge in [-0.2, -0.15) is 0 Å². The van der Waals surface area contributed by atoms with Gasteiger partial charge in [0.15, 0.2) is 5.96 Å². The quantitative estimate of drug-likeness (QED) is 0.351. The second-order valence-electron chi connectivity index (χ2n) is 6.88. The molecule has 0 spiro atoms. The molecule has 1 saturated heterocycles. The maximum absolute atomic E-state index is 5.59. The fourth-order valence-corrected chi connectivity index (χ4v) is 3.85. The van der Waals surface area contributed by atoms with E-state index < -0.39 is 0 Å². The van der Waals surface area contributed by atoms with Gasteiger partial charge in [-0.3, -0.25) is 4.99 Å². The van der Waals surface area contributed by atoms with Crippen LogP contribution in [0.4, 0.5) is 5.82 Å². The number of pyridine rings is 1. The number of guanidine groups is 1. The van der Waals surface area contributed by atoms with Crippen molar-refractivity contribution < 1.29 is 4.74 Å². The number of ether oxygens (including phenoxy) is 1. The van der Waals surface area contributed by atoms with Crippen LogP contribution < -0.4 is 15.5 Å². The van der Waals surface area contributed by atoms with E-state index in [1.54, 1.807) is 18.4 Å². The summed E-state index contributed by atoms with van der Waals surface area (Å²) in [5.74, 6) is 2.28. The number of nitrogens with one attached hydrogen (secondary N) is 2. The number of hydrogen-bond donors (Lipinski definition) is 2. The van der Waals surface area contributed by atoms with Gasteiger partial charge >= 0.3 is 0 Å². The SMILES string of the molecule is CN=C(NCc1ccc(N2CCOC(C)C2)nc1)NCC(C)c1cccs1.I. The first kappa shape index (κ1) is 22.9. The molecule has 0 bridgehead atoms. The summed E-state index contributed by atoms with van der Waals surface area (Å²) in [4.78, 5) is 12.6. The number of aromatic nitrogens is 1. The Kier molecular flexibility index (Phi) is 9.46. The van der Waals surface area contributed by atoms with Crippen molar-refractivity contribution in [2.75, 3.05) is 38.2 Å². The maximum atomic E-state index is 5.59. The Morgan fingerprint density at radius 2 is 2.25 bits per heavy atom. The van der Waals surface area contributed by atoms with E-state index in [9.17, 15) is 0 Å². The summed E-state index contributed by atoms with van der Waals surface area (Å²) in [5.41, 5.74) is 1.13. The molecule has 1 aliphatic heterocycles. The lowest BCUT2D eigenvalue weighted by Crippen LogP contribution is -2.41. The number of rotatable bonds is 6. The van der Waals surface area contributed by atoms with Gasteiger partial charge in [-0.1, -0.05) is 19.1 Å². The minimum Gasteiger partial charge on any atom is -0.375 e. The molecule has 0 radical (unpaired) electrons. The molecule has 2 aromatic rings. The summed E-state index contributed by atoms with van der Waals surface area (Å²) in [6.45, 7) is 8.42. The van der Waals surface area contributed by atoms with Crippen molar-refractivity contribution in [3.8, 4) is 0 Å². The van der Waals surface area contributed by atoms with Crippen LogP contribution in [0.25, 0.3) is 0 Å². The largest absolute Gasteiger partial charge is 0.375 e. The van der Waals surface area contributed by atoms with E-state index in [2.05, 4.69) is 69.0 Å². The molecule has 2 unspecified atom stereocenters. The average molecular weight is 515 g/mol. The molecule has 8 heteroatoms. The van der Waals surface area contributed by atoms with Crippen molar-refractivity contribution >= 4 is 47.1 Å². The molecule has 1 fully saturated rings. The zero-order chi connectivity index (χ0) is 19.1. The summed E-state index contributed by atoms with van der Waals surface area (Å²) >= 11 is 1.79. The third-order valence-electron chi connectivity index (χ3n) is 4.66. The Morgan fingerprint density at radius 3 is 2.89 bits per heavy atom. The van der Waals surface area contributed by atoms with Gasteiger partial charge in [-0.15, -0.1) is 35.3 Å². The Hall–Kier alpha value is -1.39. The molecule has 28 heavy (non-hydrogen) atoms. The minimum atomic E-state index is 0. The first-order chi connectivity index (χ1) is 13.2. The second kappa shape index (κ2) is 11.6. The smallest absolute Gasteiger partial charge is 0.191 e. The Bertz CT molecular complexity index is 723. The van der Waals surface area contributed by atoms with Gasteiger partial charge in [0.1, 0.15) is 5.82 Å². The summed E-state index contributed by atoms with van der Waals surface area (Å²) in [5, 5.41) is 8.88. The van der Waals surface area contributed by atoms with E-state index >= 15 is 0 Å². The molecule has 0 saturated carbocycles. The van der Waals surface area contributed by atoms with Crippen LogP contribution in [-0.4, -0.2) is 50.3 Å². The van der Waals surface area contributed by atoms with Gasteiger partial charge in [-0.25, -0.2) is 4.98 Å². The first-order valence-electron chi connectivity index (χ1n) is 9.45. The molecule has 2 atom stereocenters. The van der Waals surface area contributed by atoms with Crippen LogP contribution in [-0.2, 0) is 11.3 Å². The van der Waals surface area contributed by atoms with Gasteiger partial charge in [-0.05, 0) is 30.0 Å². The van der Waals surface area contributed by atoms with Crippen molar-refractivity contribution in [1.29, 1.82) is 0 Å². The second-order valence-corrected chi connectivity index (χ2v) is 7.85. The molecular weight excluding hydrogens is 485 g/mol. The highest BCUT2D eigenvalue weighted by molar-refractivity contribution is 14.0. The monoisotopic (exact) mass is 515 g/mol. The molecule has 1 aliphatic rings. The third kappa shape index (κ3) is 6.59. The van der Waals surface area contributed by atoms with Crippen molar-refractivity contribution in [3.63, 3.8) is 0 Å². The fraction of sp³-hybridized carbons (Fsp3) is 0.500. The van der Waals surface area contributed by atoms with Crippen LogP contribution in [0.2, 0.25) is 0 Å². The molecule has 3 rings (SSSR count). The number of nitrogens with zero attached hydrogens (tertiary/aromatic N) is 3. The molecule has 2 N–H and O–H groups in total. The maximum Gasteiger partial charge on any atom is 0.191 e. The van der Waals surface area contributed by atoms with Gasteiger partial charge < -0.3 is 20.3 Å². The highest BCUT2D eigenvalue weighted by Crippen LogP contribution is 2.19. The highest BCUT2D eigenvalue weighted by atomic mass is 127. The zero-order valence-corrected chi connectivity index (χ0v) is 19.9. The standard InChI is InChI=1S/C20H29N5OS.HI/c1-15(18-5-4-10-27-18)11-23-20(21-3)24-13-17-6-7-19(22-12-17)25-8-9-26-16(2)14-25;/h4-7,10,12,15-16H,8-9,11,13-14H2,1-3H3,(H2,21,23,24);1H. The Balaban J connectivity index is 0.00000280. The summed E-state index contributed by atoms with van der Waals surface area (Å²) in [7, 11) is 1.80. The van der Waals surface area contributed by atoms with Gasteiger partial charge in [0, 0.05) is 50.2 Å². The van der Waals surface area contributed by atoms with E-state index in [0.29, 0.717) is 12.5 Å². The number of anilines is 1. The lowest BCUT2D eigenvalue weighted by molar-refractivity contribution is 0.0529. The number of halogens is 1.